The van der Waals surface area contributed by atoms with Gasteiger partial charge in [0.1, 0.15) is 0 Å². The highest BCUT2D eigenvalue weighted by atomic mass is 16.5. The predicted octanol–water partition coefficient (Wildman–Crippen LogP) is 1.65. The van der Waals surface area contributed by atoms with Crippen molar-refractivity contribution in [1.82, 2.24) is 10.2 Å². The summed E-state index contributed by atoms with van der Waals surface area (Å²) in [6.07, 6.45) is 4.36. The zero-order valence-corrected chi connectivity index (χ0v) is 12.6. The van der Waals surface area contributed by atoms with Crippen LogP contribution in [0.1, 0.15) is 39.5 Å². The lowest BCUT2D eigenvalue weighted by Gasteiger charge is -2.34. The number of nitrogens with one attached hydrogen (secondary N) is 1. The fraction of sp³-hybridized carbons (Fsp3) is 0.933. The Morgan fingerprint density at radius 3 is 2.84 bits per heavy atom. The number of amides is 1. The average molecular weight is 268 g/mol. The van der Waals surface area contributed by atoms with Crippen molar-refractivity contribution in [3.63, 3.8) is 0 Å². The minimum Gasteiger partial charge on any atom is -0.381 e. The van der Waals surface area contributed by atoms with Crippen molar-refractivity contribution < 1.29 is 9.53 Å². The van der Waals surface area contributed by atoms with Crippen molar-refractivity contribution in [2.24, 2.45) is 11.3 Å². The SMILES string of the molecule is CNC1CCC(C)(C)CN(CC2CCCOC2)C1=O. The van der Waals surface area contributed by atoms with Crippen LogP contribution in [-0.2, 0) is 9.53 Å². The average Bonchev–Trinajstić information content (AvgIpc) is 2.49. The number of carbonyl (C=O) groups is 1. The molecule has 0 spiro atoms. The first-order chi connectivity index (χ1) is 9.02. The van der Waals surface area contributed by atoms with Gasteiger partial charge in [0, 0.05) is 19.7 Å². The third-order valence-electron chi connectivity index (χ3n) is 4.42. The Bertz CT molecular complexity index is 311. The van der Waals surface area contributed by atoms with Crippen molar-refractivity contribution in [1.29, 1.82) is 0 Å². The maximum atomic E-state index is 12.6. The summed E-state index contributed by atoms with van der Waals surface area (Å²) in [5.74, 6) is 0.794. The molecule has 2 aliphatic heterocycles. The van der Waals surface area contributed by atoms with Gasteiger partial charge in [-0.1, -0.05) is 13.8 Å². The van der Waals surface area contributed by atoms with Crippen molar-refractivity contribution in [2.75, 3.05) is 33.4 Å². The van der Waals surface area contributed by atoms with Gasteiger partial charge in [-0.05, 0) is 44.1 Å². The van der Waals surface area contributed by atoms with E-state index in [0.29, 0.717) is 5.92 Å². The van der Waals surface area contributed by atoms with Crippen molar-refractivity contribution in [2.45, 2.75) is 45.6 Å². The van der Waals surface area contributed by atoms with Gasteiger partial charge >= 0.3 is 0 Å². The van der Waals surface area contributed by atoms with Crippen molar-refractivity contribution in [3.05, 3.63) is 0 Å². The molecule has 4 heteroatoms. The molecule has 0 aromatic heterocycles. The van der Waals surface area contributed by atoms with E-state index < -0.39 is 0 Å². The Morgan fingerprint density at radius 1 is 1.42 bits per heavy atom. The highest BCUT2D eigenvalue weighted by Crippen LogP contribution is 2.29. The summed E-state index contributed by atoms with van der Waals surface area (Å²) in [6.45, 7) is 7.97. The zero-order valence-electron chi connectivity index (χ0n) is 12.6. The van der Waals surface area contributed by atoms with Crippen molar-refractivity contribution in [3.8, 4) is 0 Å². The molecular weight excluding hydrogens is 240 g/mol. The summed E-state index contributed by atoms with van der Waals surface area (Å²) < 4.78 is 5.54. The molecule has 110 valence electrons. The van der Waals surface area contributed by atoms with E-state index in [1.807, 2.05) is 7.05 Å². The smallest absolute Gasteiger partial charge is 0.239 e. The van der Waals surface area contributed by atoms with E-state index >= 15 is 0 Å². The van der Waals surface area contributed by atoms with E-state index in [1.54, 1.807) is 0 Å². The highest BCUT2D eigenvalue weighted by molar-refractivity contribution is 5.82. The zero-order chi connectivity index (χ0) is 13.9. The van der Waals surface area contributed by atoms with Gasteiger partial charge in [-0.3, -0.25) is 4.79 Å². The first kappa shape index (κ1) is 14.8. The molecule has 0 aliphatic carbocycles. The van der Waals surface area contributed by atoms with Crippen LogP contribution in [0.5, 0.6) is 0 Å². The molecule has 0 saturated carbocycles. The van der Waals surface area contributed by atoms with Crippen LogP contribution < -0.4 is 5.32 Å². The standard InChI is InChI=1S/C15H28N2O2/c1-15(2)7-6-13(16-3)14(18)17(11-15)9-12-5-4-8-19-10-12/h12-13,16H,4-11H2,1-3H3. The molecule has 0 aromatic carbocycles. The molecular formula is C15H28N2O2. The molecule has 0 bridgehead atoms. The van der Waals surface area contributed by atoms with Crippen molar-refractivity contribution >= 4 is 5.91 Å². The molecule has 0 radical (unpaired) electrons. The fourth-order valence-electron chi connectivity index (χ4n) is 3.24. The van der Waals surface area contributed by atoms with E-state index in [9.17, 15) is 4.79 Å². The monoisotopic (exact) mass is 268 g/mol. The van der Waals surface area contributed by atoms with Gasteiger partial charge in [-0.25, -0.2) is 0 Å². The largest absolute Gasteiger partial charge is 0.381 e. The molecule has 2 atom stereocenters. The number of hydrogen-bond donors (Lipinski definition) is 1. The van der Waals surface area contributed by atoms with E-state index in [1.165, 1.54) is 6.42 Å². The van der Waals surface area contributed by atoms with Gasteiger partial charge in [0.25, 0.3) is 0 Å². The second kappa shape index (κ2) is 6.23. The number of hydrogen-bond acceptors (Lipinski definition) is 3. The third kappa shape index (κ3) is 3.93. The summed E-state index contributed by atoms with van der Waals surface area (Å²) >= 11 is 0. The summed E-state index contributed by atoms with van der Waals surface area (Å²) in [4.78, 5) is 14.6. The second-order valence-electron chi connectivity index (χ2n) is 6.85. The molecule has 1 N–H and O–H groups in total. The molecule has 2 heterocycles. The van der Waals surface area contributed by atoms with Crippen LogP contribution in [0.3, 0.4) is 0 Å². The van der Waals surface area contributed by atoms with E-state index in [0.717, 1.165) is 45.6 Å². The van der Waals surface area contributed by atoms with Gasteiger partial charge in [-0.15, -0.1) is 0 Å². The molecule has 2 aliphatic rings. The first-order valence-electron chi connectivity index (χ1n) is 7.55. The van der Waals surface area contributed by atoms with E-state index in [4.69, 9.17) is 4.74 Å². The third-order valence-corrected chi connectivity index (χ3v) is 4.42. The number of likely N-dealkylation sites (N-methyl/N-ethyl adjacent to an activating group) is 1. The fourth-order valence-corrected chi connectivity index (χ4v) is 3.24. The van der Waals surface area contributed by atoms with Gasteiger partial charge in [0.15, 0.2) is 0 Å². The lowest BCUT2D eigenvalue weighted by Crippen LogP contribution is -2.47. The second-order valence-corrected chi connectivity index (χ2v) is 6.85. The number of likely N-dealkylation sites (tertiary alicyclic amines) is 1. The van der Waals surface area contributed by atoms with Crippen LogP contribution in [0.25, 0.3) is 0 Å². The molecule has 2 fully saturated rings. The summed E-state index contributed by atoms with van der Waals surface area (Å²) in [5.41, 5.74) is 0.219. The van der Waals surface area contributed by atoms with Gasteiger partial charge in [0.2, 0.25) is 5.91 Å². The Hall–Kier alpha value is -0.610. The molecule has 19 heavy (non-hydrogen) atoms. The Balaban J connectivity index is 2.03. The molecule has 2 saturated heterocycles. The van der Waals surface area contributed by atoms with Crippen LogP contribution in [0.4, 0.5) is 0 Å². The Kier molecular flexibility index (Phi) is 4.85. The van der Waals surface area contributed by atoms with Crippen LogP contribution >= 0.6 is 0 Å². The van der Waals surface area contributed by atoms with Gasteiger partial charge < -0.3 is 15.0 Å². The van der Waals surface area contributed by atoms with Gasteiger partial charge in [-0.2, -0.15) is 0 Å². The number of rotatable bonds is 3. The maximum Gasteiger partial charge on any atom is 0.239 e. The molecule has 2 unspecified atom stereocenters. The number of carbonyl (C=O) groups excluding carboxylic acids is 1. The Labute approximate surface area is 116 Å². The lowest BCUT2D eigenvalue weighted by molar-refractivity contribution is -0.134. The number of nitrogens with zero attached hydrogens (tertiary/aromatic N) is 1. The van der Waals surface area contributed by atoms with Crippen LogP contribution in [0.2, 0.25) is 0 Å². The molecule has 1 amide bonds. The van der Waals surface area contributed by atoms with Crippen LogP contribution in [0.15, 0.2) is 0 Å². The quantitative estimate of drug-likeness (QED) is 0.846. The van der Waals surface area contributed by atoms with Crippen LogP contribution in [0, 0.1) is 11.3 Å². The minimum atomic E-state index is -0.00807. The summed E-state index contributed by atoms with van der Waals surface area (Å²) in [6, 6.07) is -0.00807. The molecule has 4 nitrogen and oxygen atoms in total. The predicted molar refractivity (Wildman–Crippen MR) is 76.0 cm³/mol. The topological polar surface area (TPSA) is 41.6 Å². The minimum absolute atomic E-state index is 0.00807. The van der Waals surface area contributed by atoms with E-state index in [2.05, 4.69) is 24.1 Å². The van der Waals surface area contributed by atoms with E-state index in [-0.39, 0.29) is 17.4 Å². The summed E-state index contributed by atoms with van der Waals surface area (Å²) in [7, 11) is 1.89. The lowest BCUT2D eigenvalue weighted by atomic mass is 9.87. The Morgan fingerprint density at radius 2 is 2.21 bits per heavy atom. The van der Waals surface area contributed by atoms with Gasteiger partial charge in [0.05, 0.1) is 12.6 Å². The first-order valence-corrected chi connectivity index (χ1v) is 7.55. The normalized spacial score (nSPS) is 32.2. The van der Waals surface area contributed by atoms with Crippen LogP contribution in [-0.4, -0.2) is 50.2 Å². The molecule has 0 aromatic rings. The summed E-state index contributed by atoms with van der Waals surface area (Å²) in [5, 5.41) is 3.18. The number of ether oxygens (including phenoxy) is 1. The highest BCUT2D eigenvalue weighted by Gasteiger charge is 2.35. The maximum absolute atomic E-state index is 12.6. The molecule has 2 rings (SSSR count).